The number of esters is 1. The molecule has 0 heterocycles. The van der Waals surface area contributed by atoms with Gasteiger partial charge in [-0.3, -0.25) is 0 Å². The van der Waals surface area contributed by atoms with Crippen LogP contribution in [0.15, 0.2) is 18.2 Å². The molecule has 0 fully saturated rings. The molecular formula is C15H24N2O3. The van der Waals surface area contributed by atoms with Crippen LogP contribution in [0, 0.1) is 0 Å². The highest BCUT2D eigenvalue weighted by molar-refractivity contribution is 5.98. The highest BCUT2D eigenvalue weighted by Gasteiger charge is 2.20. The number of aliphatic hydroxyl groups is 1. The van der Waals surface area contributed by atoms with Gasteiger partial charge >= 0.3 is 5.97 Å². The van der Waals surface area contributed by atoms with Gasteiger partial charge in [-0.15, -0.1) is 0 Å². The first-order chi connectivity index (χ1) is 9.60. The molecule has 0 unspecified atom stereocenters. The van der Waals surface area contributed by atoms with Gasteiger partial charge in [-0.1, -0.05) is 19.9 Å². The van der Waals surface area contributed by atoms with Gasteiger partial charge in [0, 0.05) is 12.6 Å². The van der Waals surface area contributed by atoms with Gasteiger partial charge in [0.2, 0.25) is 0 Å². The van der Waals surface area contributed by atoms with E-state index in [4.69, 9.17) is 10.5 Å². The van der Waals surface area contributed by atoms with E-state index in [9.17, 15) is 9.90 Å². The molecule has 0 aliphatic heterocycles. The minimum absolute atomic E-state index is 0.0401. The van der Waals surface area contributed by atoms with Gasteiger partial charge in [0.25, 0.3) is 0 Å². The molecule has 0 radical (unpaired) electrons. The van der Waals surface area contributed by atoms with Crippen molar-refractivity contribution in [2.45, 2.75) is 32.7 Å². The second-order valence-corrected chi connectivity index (χ2v) is 4.62. The van der Waals surface area contributed by atoms with Gasteiger partial charge in [-0.2, -0.15) is 0 Å². The third kappa shape index (κ3) is 3.42. The maximum Gasteiger partial charge on any atom is 0.340 e. The molecule has 112 valence electrons. The van der Waals surface area contributed by atoms with Crippen LogP contribution in [-0.4, -0.2) is 37.4 Å². The van der Waals surface area contributed by atoms with E-state index in [0.717, 1.165) is 18.5 Å². The lowest BCUT2D eigenvalue weighted by molar-refractivity contribution is 0.0602. The molecule has 0 amide bonds. The number of rotatable bonds is 7. The molecule has 0 bridgehead atoms. The first-order valence-corrected chi connectivity index (χ1v) is 6.94. The van der Waals surface area contributed by atoms with Gasteiger partial charge in [-0.05, 0) is 25.0 Å². The van der Waals surface area contributed by atoms with Crippen LogP contribution in [0.1, 0.15) is 37.0 Å². The van der Waals surface area contributed by atoms with Crippen molar-refractivity contribution >= 4 is 17.3 Å². The minimum Gasteiger partial charge on any atom is -0.465 e. The quantitative estimate of drug-likeness (QED) is 0.590. The van der Waals surface area contributed by atoms with E-state index in [-0.39, 0.29) is 12.6 Å². The third-order valence-corrected chi connectivity index (χ3v) is 3.52. The van der Waals surface area contributed by atoms with E-state index in [2.05, 4.69) is 18.7 Å². The summed E-state index contributed by atoms with van der Waals surface area (Å²) >= 11 is 0. The number of nitrogen functional groups attached to an aromatic ring is 1. The van der Waals surface area contributed by atoms with Crippen molar-refractivity contribution in [3.63, 3.8) is 0 Å². The van der Waals surface area contributed by atoms with E-state index < -0.39 is 5.97 Å². The maximum atomic E-state index is 11.7. The molecular weight excluding hydrogens is 256 g/mol. The number of para-hydroxylation sites is 1. The highest BCUT2D eigenvalue weighted by atomic mass is 16.5. The fourth-order valence-electron chi connectivity index (χ4n) is 2.43. The number of hydrogen-bond acceptors (Lipinski definition) is 5. The monoisotopic (exact) mass is 280 g/mol. The van der Waals surface area contributed by atoms with Gasteiger partial charge in [-0.25, -0.2) is 4.79 Å². The van der Waals surface area contributed by atoms with Crippen molar-refractivity contribution in [2.24, 2.45) is 0 Å². The molecule has 0 aromatic heterocycles. The van der Waals surface area contributed by atoms with Crippen molar-refractivity contribution < 1.29 is 14.6 Å². The van der Waals surface area contributed by atoms with E-state index in [1.165, 1.54) is 7.11 Å². The predicted molar refractivity (Wildman–Crippen MR) is 81.0 cm³/mol. The topological polar surface area (TPSA) is 75.8 Å². The Labute approximate surface area is 120 Å². The number of nitrogens with zero attached hydrogens (tertiary/aromatic N) is 1. The van der Waals surface area contributed by atoms with Crippen LogP contribution in [0.2, 0.25) is 0 Å². The predicted octanol–water partition coefficient (Wildman–Crippen LogP) is 2.04. The van der Waals surface area contributed by atoms with Crippen LogP contribution < -0.4 is 10.6 Å². The smallest absolute Gasteiger partial charge is 0.340 e. The number of carbonyl (C=O) groups excluding carboxylic acids is 1. The zero-order chi connectivity index (χ0) is 15.1. The third-order valence-electron chi connectivity index (χ3n) is 3.52. The molecule has 5 heteroatoms. The summed E-state index contributed by atoms with van der Waals surface area (Å²) in [6.45, 7) is 4.72. The number of aliphatic hydroxyl groups excluding tert-OH is 1. The summed E-state index contributed by atoms with van der Waals surface area (Å²) in [5.74, 6) is -0.446. The number of ether oxygens (including phenoxy) is 1. The normalized spacial score (nSPS) is 10.7. The van der Waals surface area contributed by atoms with E-state index >= 15 is 0 Å². The summed E-state index contributed by atoms with van der Waals surface area (Å²) in [5, 5.41) is 9.28. The molecule has 20 heavy (non-hydrogen) atoms. The Bertz CT molecular complexity index is 445. The van der Waals surface area contributed by atoms with E-state index in [0.29, 0.717) is 17.8 Å². The lowest BCUT2D eigenvalue weighted by atomic mass is 10.1. The van der Waals surface area contributed by atoms with Crippen LogP contribution >= 0.6 is 0 Å². The molecule has 1 aromatic rings. The zero-order valence-corrected chi connectivity index (χ0v) is 12.4. The summed E-state index contributed by atoms with van der Waals surface area (Å²) in [6, 6.07) is 5.58. The van der Waals surface area contributed by atoms with Crippen molar-refractivity contribution in [3.05, 3.63) is 23.8 Å². The van der Waals surface area contributed by atoms with Crippen LogP contribution in [-0.2, 0) is 4.74 Å². The van der Waals surface area contributed by atoms with Crippen LogP contribution in [0.4, 0.5) is 11.4 Å². The molecule has 0 spiro atoms. The van der Waals surface area contributed by atoms with Crippen LogP contribution in [0.3, 0.4) is 0 Å². The van der Waals surface area contributed by atoms with Crippen molar-refractivity contribution in [1.29, 1.82) is 0 Å². The fourth-order valence-corrected chi connectivity index (χ4v) is 2.43. The molecule has 5 nitrogen and oxygen atoms in total. The molecule has 1 rings (SSSR count). The zero-order valence-electron chi connectivity index (χ0n) is 12.4. The van der Waals surface area contributed by atoms with Crippen LogP contribution in [0.5, 0.6) is 0 Å². The summed E-state index contributed by atoms with van der Waals surface area (Å²) in [6.07, 6.45) is 1.89. The van der Waals surface area contributed by atoms with Gasteiger partial charge in [0.1, 0.15) is 0 Å². The second-order valence-electron chi connectivity index (χ2n) is 4.62. The number of hydrogen-bond donors (Lipinski definition) is 2. The number of nitrogens with two attached hydrogens (primary N) is 1. The average molecular weight is 280 g/mol. The van der Waals surface area contributed by atoms with Gasteiger partial charge in [0.05, 0.1) is 30.7 Å². The van der Waals surface area contributed by atoms with E-state index in [1.807, 2.05) is 6.07 Å². The largest absolute Gasteiger partial charge is 0.465 e. The number of methoxy groups -OCH3 is 1. The molecule has 3 N–H and O–H groups in total. The molecule has 0 saturated heterocycles. The van der Waals surface area contributed by atoms with Gasteiger partial charge < -0.3 is 20.5 Å². The first-order valence-electron chi connectivity index (χ1n) is 6.94. The molecule has 0 atom stereocenters. The molecule has 0 saturated carbocycles. The molecule has 0 aliphatic carbocycles. The summed E-state index contributed by atoms with van der Waals surface area (Å²) < 4.78 is 4.74. The Morgan fingerprint density at radius 1 is 1.40 bits per heavy atom. The standard InChI is InChI=1S/C15H24N2O3/c1-4-11(5-2)17(9-10-18)13-8-6-7-12(14(13)16)15(19)20-3/h6-8,11,18H,4-5,9-10,16H2,1-3H3. The number of anilines is 2. The lowest BCUT2D eigenvalue weighted by Crippen LogP contribution is -2.37. The fraction of sp³-hybridized carbons (Fsp3) is 0.533. The summed E-state index contributed by atoms with van der Waals surface area (Å²) in [5.41, 5.74) is 7.65. The van der Waals surface area contributed by atoms with Crippen molar-refractivity contribution in [2.75, 3.05) is 30.9 Å². The Morgan fingerprint density at radius 3 is 2.55 bits per heavy atom. The summed E-state index contributed by atoms with van der Waals surface area (Å²) in [7, 11) is 1.33. The highest BCUT2D eigenvalue weighted by Crippen LogP contribution is 2.30. The Kier molecular flexibility index (Phi) is 6.31. The van der Waals surface area contributed by atoms with Crippen molar-refractivity contribution in [3.8, 4) is 0 Å². The Morgan fingerprint density at radius 2 is 2.05 bits per heavy atom. The van der Waals surface area contributed by atoms with Gasteiger partial charge in [0.15, 0.2) is 0 Å². The molecule has 0 aliphatic rings. The number of carbonyl (C=O) groups is 1. The number of benzene rings is 1. The average Bonchev–Trinajstić information content (AvgIpc) is 2.47. The minimum atomic E-state index is -0.446. The van der Waals surface area contributed by atoms with Crippen LogP contribution in [0.25, 0.3) is 0 Å². The summed E-state index contributed by atoms with van der Waals surface area (Å²) in [4.78, 5) is 13.8. The SMILES string of the molecule is CCC(CC)N(CCO)c1cccc(C(=O)OC)c1N. The Hall–Kier alpha value is -1.75. The first kappa shape index (κ1) is 16.3. The second kappa shape index (κ2) is 7.75. The van der Waals surface area contributed by atoms with Crippen molar-refractivity contribution in [1.82, 2.24) is 0 Å². The lowest BCUT2D eigenvalue weighted by Gasteiger charge is -2.33. The molecule has 1 aromatic carbocycles. The van der Waals surface area contributed by atoms with E-state index in [1.54, 1.807) is 12.1 Å². The maximum absolute atomic E-state index is 11.7. The Balaban J connectivity index is 3.23.